The van der Waals surface area contributed by atoms with Gasteiger partial charge in [-0.05, 0) is 31.2 Å². The molecule has 3 nitrogen and oxygen atoms in total. The molecule has 1 aliphatic carbocycles. The van der Waals surface area contributed by atoms with Crippen LogP contribution in [0.25, 0.3) is 0 Å². The Kier molecular flexibility index (Phi) is 4.97. The van der Waals surface area contributed by atoms with Crippen LogP contribution in [0.4, 0.5) is 0 Å². The van der Waals surface area contributed by atoms with Gasteiger partial charge in [0.1, 0.15) is 0 Å². The fourth-order valence-corrected chi connectivity index (χ4v) is 2.80. The third-order valence-electron chi connectivity index (χ3n) is 3.90. The summed E-state index contributed by atoms with van der Waals surface area (Å²) in [7, 11) is 0. The first-order valence-electron chi connectivity index (χ1n) is 7.15. The highest BCUT2D eigenvalue weighted by molar-refractivity contribution is 5.78. The number of aliphatic hydroxyl groups excluding tert-OH is 1. The van der Waals surface area contributed by atoms with Crippen LogP contribution in [-0.2, 0) is 11.2 Å². The molecule has 2 N–H and O–H groups in total. The predicted molar refractivity (Wildman–Crippen MR) is 75.9 cm³/mol. The van der Waals surface area contributed by atoms with Crippen molar-refractivity contribution in [3.8, 4) is 0 Å². The molecule has 1 fully saturated rings. The van der Waals surface area contributed by atoms with Gasteiger partial charge >= 0.3 is 0 Å². The summed E-state index contributed by atoms with van der Waals surface area (Å²) in [6, 6.07) is 7.96. The van der Waals surface area contributed by atoms with Crippen molar-refractivity contribution >= 4 is 5.91 Å². The molecule has 0 aromatic heterocycles. The number of hydrogen-bond acceptors (Lipinski definition) is 2. The third kappa shape index (κ3) is 4.35. The van der Waals surface area contributed by atoms with Gasteiger partial charge in [-0.2, -0.15) is 0 Å². The van der Waals surface area contributed by atoms with Crippen molar-refractivity contribution in [1.82, 2.24) is 5.32 Å². The predicted octanol–water partition coefficient (Wildman–Crippen LogP) is 2.20. The summed E-state index contributed by atoms with van der Waals surface area (Å²) in [6.45, 7) is 2.40. The highest BCUT2D eigenvalue weighted by atomic mass is 16.3. The van der Waals surface area contributed by atoms with E-state index in [1.54, 1.807) is 0 Å². The second kappa shape index (κ2) is 6.71. The normalized spacial score (nSPS) is 17.4. The molecule has 104 valence electrons. The van der Waals surface area contributed by atoms with Crippen LogP contribution in [-0.4, -0.2) is 23.7 Å². The van der Waals surface area contributed by atoms with Crippen LogP contribution in [0.5, 0.6) is 0 Å². The number of benzene rings is 1. The number of aliphatic hydroxyl groups is 1. The minimum atomic E-state index is -0.385. The molecular formula is C16H23NO2. The molecule has 0 heterocycles. The highest BCUT2D eigenvalue weighted by Gasteiger charge is 2.23. The van der Waals surface area contributed by atoms with Crippen LogP contribution in [0.1, 0.15) is 36.8 Å². The van der Waals surface area contributed by atoms with Gasteiger partial charge in [0.05, 0.1) is 12.5 Å². The lowest BCUT2D eigenvalue weighted by molar-refractivity contribution is -0.121. The highest BCUT2D eigenvalue weighted by Crippen LogP contribution is 2.27. The average molecular weight is 261 g/mol. The Labute approximate surface area is 115 Å². The molecule has 0 aliphatic heterocycles. The number of carbonyl (C=O) groups is 1. The van der Waals surface area contributed by atoms with Crippen LogP contribution < -0.4 is 5.32 Å². The van der Waals surface area contributed by atoms with E-state index in [9.17, 15) is 9.90 Å². The summed E-state index contributed by atoms with van der Waals surface area (Å²) in [6.07, 6.45) is 4.60. The number of rotatable bonds is 5. The first kappa shape index (κ1) is 14.1. The van der Waals surface area contributed by atoms with Crippen molar-refractivity contribution in [2.24, 2.45) is 5.92 Å². The maximum absolute atomic E-state index is 11.8. The summed E-state index contributed by atoms with van der Waals surface area (Å²) in [5.41, 5.74) is 2.18. The Morgan fingerprint density at radius 2 is 2.16 bits per heavy atom. The molecule has 1 unspecified atom stereocenters. The van der Waals surface area contributed by atoms with Gasteiger partial charge in [0.25, 0.3) is 0 Å². The Bertz CT molecular complexity index is 425. The molecular weight excluding hydrogens is 238 g/mol. The second-order valence-corrected chi connectivity index (χ2v) is 5.58. The number of hydrogen-bond donors (Lipinski definition) is 2. The van der Waals surface area contributed by atoms with Crippen LogP contribution in [0.2, 0.25) is 0 Å². The van der Waals surface area contributed by atoms with E-state index in [1.807, 2.05) is 31.2 Å². The quantitative estimate of drug-likeness (QED) is 0.853. The van der Waals surface area contributed by atoms with Gasteiger partial charge in [0, 0.05) is 6.54 Å². The smallest absolute Gasteiger partial charge is 0.224 e. The maximum atomic E-state index is 11.8. The lowest BCUT2D eigenvalue weighted by atomic mass is 10.0. The van der Waals surface area contributed by atoms with Gasteiger partial charge in [0.2, 0.25) is 5.91 Å². The number of carbonyl (C=O) groups excluding carboxylic acids is 1. The Hall–Kier alpha value is -1.35. The van der Waals surface area contributed by atoms with E-state index in [2.05, 4.69) is 5.32 Å². The first-order valence-corrected chi connectivity index (χ1v) is 7.15. The molecule has 1 aromatic carbocycles. The van der Waals surface area contributed by atoms with Crippen molar-refractivity contribution in [3.63, 3.8) is 0 Å². The average Bonchev–Trinajstić information content (AvgIpc) is 2.90. The minimum Gasteiger partial charge on any atom is -0.391 e. The van der Waals surface area contributed by atoms with Crippen LogP contribution in [0.3, 0.4) is 0 Å². The Morgan fingerprint density at radius 3 is 2.84 bits per heavy atom. The molecule has 1 aromatic rings. The zero-order valence-electron chi connectivity index (χ0n) is 11.6. The van der Waals surface area contributed by atoms with Crippen molar-refractivity contribution in [2.45, 2.75) is 45.1 Å². The van der Waals surface area contributed by atoms with E-state index < -0.39 is 0 Å². The van der Waals surface area contributed by atoms with E-state index in [0.717, 1.165) is 24.0 Å². The summed E-state index contributed by atoms with van der Waals surface area (Å²) in [5.74, 6) is 0.363. The van der Waals surface area contributed by atoms with Crippen LogP contribution >= 0.6 is 0 Å². The van der Waals surface area contributed by atoms with Gasteiger partial charge in [-0.3, -0.25) is 4.79 Å². The Balaban J connectivity index is 1.75. The molecule has 0 bridgehead atoms. The van der Waals surface area contributed by atoms with E-state index in [-0.39, 0.29) is 12.0 Å². The summed E-state index contributed by atoms with van der Waals surface area (Å²) < 4.78 is 0. The van der Waals surface area contributed by atoms with Crippen LogP contribution in [0.15, 0.2) is 24.3 Å². The van der Waals surface area contributed by atoms with Gasteiger partial charge in [-0.25, -0.2) is 0 Å². The lowest BCUT2D eigenvalue weighted by Gasteiger charge is -2.18. The molecule has 0 spiro atoms. The largest absolute Gasteiger partial charge is 0.391 e. The number of amides is 1. The van der Waals surface area contributed by atoms with Crippen molar-refractivity contribution < 1.29 is 9.90 Å². The SMILES string of the molecule is Cc1cccc(CC(=O)NCC(O)C2CCCC2)c1. The molecule has 2 rings (SSSR count). The fourth-order valence-electron chi connectivity index (χ4n) is 2.80. The first-order chi connectivity index (χ1) is 9.15. The van der Waals surface area contributed by atoms with Crippen LogP contribution in [0, 0.1) is 12.8 Å². The van der Waals surface area contributed by atoms with E-state index in [4.69, 9.17) is 0 Å². The van der Waals surface area contributed by atoms with E-state index in [1.165, 1.54) is 12.8 Å². The molecule has 0 radical (unpaired) electrons. The number of nitrogens with one attached hydrogen (secondary N) is 1. The molecule has 1 atom stereocenters. The summed E-state index contributed by atoms with van der Waals surface area (Å²) in [5, 5.41) is 12.8. The zero-order valence-corrected chi connectivity index (χ0v) is 11.6. The zero-order chi connectivity index (χ0) is 13.7. The van der Waals surface area contributed by atoms with Gasteiger partial charge in [0.15, 0.2) is 0 Å². The number of aryl methyl sites for hydroxylation is 1. The van der Waals surface area contributed by atoms with E-state index in [0.29, 0.717) is 18.9 Å². The van der Waals surface area contributed by atoms with Gasteiger partial charge < -0.3 is 10.4 Å². The monoisotopic (exact) mass is 261 g/mol. The van der Waals surface area contributed by atoms with Crippen molar-refractivity contribution in [2.75, 3.05) is 6.54 Å². The third-order valence-corrected chi connectivity index (χ3v) is 3.90. The molecule has 1 saturated carbocycles. The minimum absolute atomic E-state index is 0.0114. The lowest BCUT2D eigenvalue weighted by Crippen LogP contribution is -2.36. The molecule has 3 heteroatoms. The molecule has 1 amide bonds. The second-order valence-electron chi connectivity index (χ2n) is 5.58. The topological polar surface area (TPSA) is 49.3 Å². The standard InChI is InChI=1S/C16H23NO2/c1-12-5-4-6-13(9-12)10-16(19)17-11-15(18)14-7-2-3-8-14/h4-6,9,14-15,18H,2-3,7-8,10-11H2,1H3,(H,17,19). The van der Waals surface area contributed by atoms with Gasteiger partial charge in [-0.1, -0.05) is 42.7 Å². The molecule has 0 saturated heterocycles. The van der Waals surface area contributed by atoms with Gasteiger partial charge in [-0.15, -0.1) is 0 Å². The summed E-state index contributed by atoms with van der Waals surface area (Å²) in [4.78, 5) is 11.8. The fraction of sp³-hybridized carbons (Fsp3) is 0.562. The van der Waals surface area contributed by atoms with Crippen molar-refractivity contribution in [1.29, 1.82) is 0 Å². The maximum Gasteiger partial charge on any atom is 0.224 e. The Morgan fingerprint density at radius 1 is 1.42 bits per heavy atom. The summed E-state index contributed by atoms with van der Waals surface area (Å²) >= 11 is 0. The molecule has 19 heavy (non-hydrogen) atoms. The van der Waals surface area contributed by atoms with Crippen molar-refractivity contribution in [3.05, 3.63) is 35.4 Å². The molecule has 1 aliphatic rings. The van der Waals surface area contributed by atoms with E-state index >= 15 is 0 Å².